The van der Waals surface area contributed by atoms with Crippen LogP contribution in [0.25, 0.3) is 0 Å². The quantitative estimate of drug-likeness (QED) is 0.0264. The van der Waals surface area contributed by atoms with Crippen LogP contribution in [0.5, 0.6) is 0 Å². The molecule has 0 aliphatic carbocycles. The molecule has 0 aromatic rings. The van der Waals surface area contributed by atoms with Crippen molar-refractivity contribution in [2.75, 3.05) is 52.4 Å². The maximum Gasteiger partial charge on any atom is 0.223 e. The second-order valence-electron chi connectivity index (χ2n) is 24.9. The molecule has 0 aromatic heterocycles. The predicted octanol–water partition coefficient (Wildman–Crippen LogP) is 12.4. The summed E-state index contributed by atoms with van der Waals surface area (Å²) in [5.74, 6) is -0.884. The Kier molecular flexibility index (Phi) is 58.1. The summed E-state index contributed by atoms with van der Waals surface area (Å²) in [6.45, 7) is 8.98. The van der Waals surface area contributed by atoms with Crippen molar-refractivity contribution in [2.45, 2.75) is 316 Å². The zero-order chi connectivity index (χ0) is 62.6. The van der Waals surface area contributed by atoms with Crippen LogP contribution in [0.1, 0.15) is 316 Å². The number of unbranched alkanes of at least 4 members (excludes halogenated alkanes) is 26. The van der Waals surface area contributed by atoms with Crippen LogP contribution in [0.3, 0.4) is 0 Å². The summed E-state index contributed by atoms with van der Waals surface area (Å²) in [5, 5.41) is 12.3. The van der Waals surface area contributed by atoms with E-state index in [0.29, 0.717) is 117 Å². The Morgan fingerprint density at radius 2 is 0.435 bits per heavy atom. The number of hydrogen-bond acceptors (Lipinski definition) is 12. The van der Waals surface area contributed by atoms with Crippen molar-refractivity contribution in [2.24, 2.45) is 46.6 Å². The Morgan fingerprint density at radius 1 is 0.247 bits per heavy atom. The van der Waals surface area contributed by atoms with Gasteiger partial charge in [0.05, 0.1) is 0 Å². The van der Waals surface area contributed by atoms with E-state index >= 15 is 0 Å². The fourth-order valence-corrected chi connectivity index (χ4v) is 11.3. The minimum absolute atomic E-state index is 0.0108. The minimum atomic E-state index is -0.358. The second-order valence-corrected chi connectivity index (χ2v) is 24.9. The molecule has 16 heteroatoms. The average Bonchev–Trinajstić information content (AvgIpc) is 3.52. The van der Waals surface area contributed by atoms with E-state index in [9.17, 15) is 38.4 Å². The van der Waals surface area contributed by atoms with E-state index in [4.69, 9.17) is 22.9 Å². The van der Waals surface area contributed by atoms with Crippen molar-refractivity contribution >= 4 is 46.8 Å². The Balaban J connectivity index is 4.52. The van der Waals surface area contributed by atoms with Gasteiger partial charge < -0.3 is 44.2 Å². The van der Waals surface area contributed by atoms with Gasteiger partial charge in [-0.3, -0.25) is 38.4 Å². The standard InChI is InChI=1S/C69H132N8O8/c1-3-5-7-8-9-10-11-15-22-42-62(78)55-59(39-27-31-47-71)67(83)75-51-35-20-13-17-24-44-64(80)57-61(41-29-33-49-73)69(85)77-53-37-21-14-18-25-45-65(81)56-60(40-28-32-48-72)68(84)76-52-36-19-12-16-23-43-63(79)54-58(38-26-30-46-70)66(82)74-50-34-6-4-2/h58-61H,3-57,70-73H2,1-2H3,(H,74,82)(H,75,83)(H,76,84)(H,77,85). The van der Waals surface area contributed by atoms with Crippen LogP contribution in [-0.4, -0.2) is 99.1 Å². The van der Waals surface area contributed by atoms with E-state index in [1.54, 1.807) is 0 Å². The van der Waals surface area contributed by atoms with Crippen LogP contribution in [0, 0.1) is 23.7 Å². The topological polar surface area (TPSA) is 289 Å². The molecule has 0 rings (SSSR count). The van der Waals surface area contributed by atoms with Gasteiger partial charge in [0, 0.05) is 101 Å². The van der Waals surface area contributed by atoms with Gasteiger partial charge >= 0.3 is 0 Å². The summed E-state index contributed by atoms with van der Waals surface area (Å²) in [4.78, 5) is 104. The molecule has 4 atom stereocenters. The highest BCUT2D eigenvalue weighted by Gasteiger charge is 2.25. The first-order valence-electron chi connectivity index (χ1n) is 35.3. The van der Waals surface area contributed by atoms with Gasteiger partial charge in [0.1, 0.15) is 23.1 Å². The molecule has 0 aliphatic heterocycles. The van der Waals surface area contributed by atoms with E-state index in [1.165, 1.54) is 44.9 Å². The highest BCUT2D eigenvalue weighted by Crippen LogP contribution is 2.22. The van der Waals surface area contributed by atoms with Crippen LogP contribution < -0.4 is 44.2 Å². The Hall–Kier alpha value is -3.60. The number of rotatable bonds is 66. The highest BCUT2D eigenvalue weighted by molar-refractivity contribution is 5.88. The summed E-state index contributed by atoms with van der Waals surface area (Å²) in [6, 6.07) is 0. The number of nitrogens with two attached hydrogens (primary N) is 4. The summed E-state index contributed by atoms with van der Waals surface area (Å²) < 4.78 is 0. The fourth-order valence-electron chi connectivity index (χ4n) is 11.3. The van der Waals surface area contributed by atoms with Crippen LogP contribution in [0.4, 0.5) is 0 Å². The minimum Gasteiger partial charge on any atom is -0.356 e. The highest BCUT2D eigenvalue weighted by atomic mass is 16.2. The van der Waals surface area contributed by atoms with Gasteiger partial charge in [-0.2, -0.15) is 0 Å². The van der Waals surface area contributed by atoms with Crippen molar-refractivity contribution in [3.8, 4) is 0 Å². The van der Waals surface area contributed by atoms with Crippen molar-refractivity contribution in [1.82, 2.24) is 21.3 Å². The lowest BCUT2D eigenvalue weighted by Gasteiger charge is -2.17. The number of hydrogen-bond donors (Lipinski definition) is 8. The summed E-state index contributed by atoms with van der Waals surface area (Å²) in [6.07, 6.45) is 39.6. The lowest BCUT2D eigenvalue weighted by molar-refractivity contribution is -0.129. The maximum absolute atomic E-state index is 13.3. The SMILES string of the molecule is CCCCCCCCCCCC(=O)CC(CCCCN)C(=O)NCCCCCCCC(=O)CC(CCCCN)C(=O)NCCCCCCCC(=O)CC(CCCCN)C(=O)NCCCCCCCC(=O)CC(CCCCN)C(=O)NCCCCC. The summed E-state index contributed by atoms with van der Waals surface area (Å²) in [7, 11) is 0. The fraction of sp³-hybridized carbons (Fsp3) is 0.884. The molecule has 4 amide bonds. The molecule has 0 aromatic carbocycles. The van der Waals surface area contributed by atoms with Crippen LogP contribution in [0.2, 0.25) is 0 Å². The molecule has 85 heavy (non-hydrogen) atoms. The molecule has 0 saturated carbocycles. The van der Waals surface area contributed by atoms with Gasteiger partial charge in [0.15, 0.2) is 0 Å². The van der Waals surface area contributed by atoms with Crippen molar-refractivity contribution < 1.29 is 38.4 Å². The van der Waals surface area contributed by atoms with Crippen molar-refractivity contribution in [1.29, 1.82) is 0 Å². The average molecular weight is 1200 g/mol. The van der Waals surface area contributed by atoms with Gasteiger partial charge in [0.2, 0.25) is 23.6 Å². The lowest BCUT2D eigenvalue weighted by atomic mass is 9.93. The van der Waals surface area contributed by atoms with Gasteiger partial charge in [0.25, 0.3) is 0 Å². The molecule has 0 fully saturated rings. The van der Waals surface area contributed by atoms with E-state index < -0.39 is 0 Å². The molecule has 4 unspecified atom stereocenters. The number of carbonyl (C=O) groups is 8. The molecule has 16 nitrogen and oxygen atoms in total. The van der Waals surface area contributed by atoms with Gasteiger partial charge in [-0.25, -0.2) is 0 Å². The molecule has 0 heterocycles. The Labute approximate surface area is 518 Å². The number of nitrogens with one attached hydrogen (secondary N) is 4. The lowest BCUT2D eigenvalue weighted by Crippen LogP contribution is -2.33. The molecule has 0 spiro atoms. The Morgan fingerprint density at radius 3 is 0.659 bits per heavy atom. The number of carbonyl (C=O) groups excluding carboxylic acids is 8. The first-order chi connectivity index (χ1) is 41.4. The zero-order valence-corrected chi connectivity index (χ0v) is 54.8. The van der Waals surface area contributed by atoms with Gasteiger partial charge in [-0.05, 0) is 129 Å². The maximum atomic E-state index is 13.3. The molecule has 0 aliphatic rings. The molecule has 0 radical (unpaired) electrons. The molecular weight excluding hydrogens is 1070 g/mol. The molecule has 12 N–H and O–H groups in total. The van der Waals surface area contributed by atoms with Crippen LogP contribution >= 0.6 is 0 Å². The number of Topliss-reactive ketones (excluding diaryl/α,β-unsaturated/α-hetero) is 4. The van der Waals surface area contributed by atoms with E-state index in [-0.39, 0.29) is 83.3 Å². The van der Waals surface area contributed by atoms with Crippen molar-refractivity contribution in [3.63, 3.8) is 0 Å². The largest absolute Gasteiger partial charge is 0.356 e. The van der Waals surface area contributed by atoms with Crippen molar-refractivity contribution in [3.05, 3.63) is 0 Å². The molecular formula is C69H132N8O8. The van der Waals surface area contributed by atoms with E-state index in [1.807, 2.05) is 0 Å². The molecule has 0 saturated heterocycles. The molecule has 496 valence electrons. The van der Waals surface area contributed by atoms with E-state index in [2.05, 4.69) is 35.1 Å². The summed E-state index contributed by atoms with van der Waals surface area (Å²) >= 11 is 0. The third-order valence-corrected chi connectivity index (χ3v) is 16.8. The molecule has 0 bridgehead atoms. The number of ketones is 4. The number of amides is 4. The van der Waals surface area contributed by atoms with Crippen LogP contribution in [-0.2, 0) is 38.4 Å². The smallest absolute Gasteiger partial charge is 0.223 e. The second kappa shape index (κ2) is 60.7. The van der Waals surface area contributed by atoms with Gasteiger partial charge in [-0.15, -0.1) is 0 Å². The first-order valence-corrected chi connectivity index (χ1v) is 35.3. The van der Waals surface area contributed by atoms with Gasteiger partial charge in [-0.1, -0.05) is 162 Å². The first kappa shape index (κ1) is 81.4. The Bertz CT molecular complexity index is 1680. The van der Waals surface area contributed by atoms with E-state index in [0.717, 1.165) is 180 Å². The predicted molar refractivity (Wildman–Crippen MR) is 351 cm³/mol. The third-order valence-electron chi connectivity index (χ3n) is 16.8. The normalized spacial score (nSPS) is 12.8. The zero-order valence-electron chi connectivity index (χ0n) is 54.8. The van der Waals surface area contributed by atoms with Crippen LogP contribution in [0.15, 0.2) is 0 Å². The third kappa shape index (κ3) is 51.0. The monoisotopic (exact) mass is 1200 g/mol. The summed E-state index contributed by atoms with van der Waals surface area (Å²) in [5.41, 5.74) is 22.9.